The van der Waals surface area contributed by atoms with Gasteiger partial charge in [0.25, 0.3) is 5.91 Å². The first-order chi connectivity index (χ1) is 16.5. The molecule has 0 aromatic heterocycles. The predicted octanol–water partition coefficient (Wildman–Crippen LogP) is 3.90. The molecule has 0 saturated carbocycles. The van der Waals surface area contributed by atoms with Gasteiger partial charge in [0.1, 0.15) is 11.5 Å². The van der Waals surface area contributed by atoms with Gasteiger partial charge in [-0.1, -0.05) is 29.8 Å². The summed E-state index contributed by atoms with van der Waals surface area (Å²) in [6.07, 6.45) is 1.72. The Bertz CT molecular complexity index is 1000. The molecule has 2 aromatic rings. The van der Waals surface area contributed by atoms with Crippen LogP contribution in [0.4, 0.5) is 0 Å². The number of para-hydroxylation sites is 1. The molecule has 0 bridgehead atoms. The lowest BCUT2D eigenvalue weighted by Crippen LogP contribution is -2.49. The summed E-state index contributed by atoms with van der Waals surface area (Å²) < 4.78 is 16.9. The molecule has 0 radical (unpaired) electrons. The first-order valence-corrected chi connectivity index (χ1v) is 12.0. The quantitative estimate of drug-likeness (QED) is 0.593. The van der Waals surface area contributed by atoms with Crippen LogP contribution < -0.4 is 9.47 Å². The normalized spacial score (nSPS) is 17.8. The third-order valence-corrected chi connectivity index (χ3v) is 6.91. The van der Waals surface area contributed by atoms with Crippen LogP contribution in [-0.2, 0) is 9.53 Å². The molecule has 2 aromatic carbocycles. The fraction of sp³-hybridized carbons (Fsp3) is 0.462. The van der Waals surface area contributed by atoms with E-state index in [1.165, 1.54) is 0 Å². The zero-order valence-electron chi connectivity index (χ0n) is 19.5. The number of likely N-dealkylation sites (tertiary alicyclic amines) is 1. The molecule has 0 unspecified atom stereocenters. The minimum atomic E-state index is -0.366. The van der Waals surface area contributed by atoms with Crippen molar-refractivity contribution in [1.29, 1.82) is 0 Å². The average molecular weight is 487 g/mol. The number of amides is 2. The summed E-state index contributed by atoms with van der Waals surface area (Å²) in [7, 11) is 1.57. The number of methoxy groups -OCH3 is 1. The highest BCUT2D eigenvalue weighted by molar-refractivity contribution is 6.30. The van der Waals surface area contributed by atoms with Gasteiger partial charge in [-0.25, -0.2) is 0 Å². The molecule has 2 aliphatic rings. The van der Waals surface area contributed by atoms with Crippen LogP contribution in [0, 0.1) is 5.41 Å². The lowest BCUT2D eigenvalue weighted by atomic mass is 9.75. The summed E-state index contributed by atoms with van der Waals surface area (Å²) >= 11 is 6.12. The second-order valence-electron chi connectivity index (χ2n) is 8.91. The van der Waals surface area contributed by atoms with Gasteiger partial charge >= 0.3 is 0 Å². The molecule has 0 aliphatic carbocycles. The molecule has 2 aliphatic heterocycles. The van der Waals surface area contributed by atoms with Gasteiger partial charge in [0.15, 0.2) is 0 Å². The van der Waals surface area contributed by atoms with Crippen LogP contribution in [0.2, 0.25) is 5.02 Å². The summed E-state index contributed by atoms with van der Waals surface area (Å²) in [6, 6.07) is 14.6. The lowest BCUT2D eigenvalue weighted by Gasteiger charge is -2.42. The number of rotatable bonds is 7. The van der Waals surface area contributed by atoms with E-state index in [-0.39, 0.29) is 17.2 Å². The van der Waals surface area contributed by atoms with Crippen LogP contribution in [0.15, 0.2) is 48.5 Å². The maximum absolute atomic E-state index is 13.2. The number of morpholine rings is 1. The standard InChI is InChI=1S/C26H31ClN2O5/c1-32-23-8-3-2-7-22(23)25(31)29-11-9-26(10-12-29,18-24(30)28-13-15-33-16-14-28)19-34-21-6-4-5-20(27)17-21/h2-8,17H,9-16,18-19H2,1H3. The van der Waals surface area contributed by atoms with E-state index in [1.807, 2.05) is 34.1 Å². The molecule has 0 atom stereocenters. The zero-order valence-corrected chi connectivity index (χ0v) is 20.3. The first kappa shape index (κ1) is 24.4. The van der Waals surface area contributed by atoms with Crippen LogP contribution in [0.3, 0.4) is 0 Å². The summed E-state index contributed by atoms with van der Waals surface area (Å²) in [6.45, 7) is 3.85. The molecule has 2 amide bonds. The van der Waals surface area contributed by atoms with E-state index < -0.39 is 0 Å². The Labute approximate surface area is 205 Å². The maximum atomic E-state index is 13.2. The van der Waals surface area contributed by atoms with E-state index in [0.717, 1.165) is 0 Å². The molecule has 0 spiro atoms. The number of hydrogen-bond acceptors (Lipinski definition) is 5. The van der Waals surface area contributed by atoms with Crippen molar-refractivity contribution >= 4 is 23.4 Å². The Morgan fingerprint density at radius 1 is 1.00 bits per heavy atom. The number of nitrogens with zero attached hydrogens (tertiary/aromatic N) is 2. The zero-order chi connectivity index (χ0) is 24.0. The molecular weight excluding hydrogens is 456 g/mol. The smallest absolute Gasteiger partial charge is 0.257 e. The fourth-order valence-corrected chi connectivity index (χ4v) is 4.77. The topological polar surface area (TPSA) is 68.3 Å². The lowest BCUT2D eigenvalue weighted by molar-refractivity contribution is -0.139. The monoisotopic (exact) mass is 486 g/mol. The average Bonchev–Trinajstić information content (AvgIpc) is 2.88. The fourth-order valence-electron chi connectivity index (χ4n) is 4.59. The molecule has 8 heteroatoms. The van der Waals surface area contributed by atoms with Crippen LogP contribution in [0.1, 0.15) is 29.6 Å². The Balaban J connectivity index is 1.47. The van der Waals surface area contributed by atoms with Crippen molar-refractivity contribution in [1.82, 2.24) is 9.80 Å². The van der Waals surface area contributed by atoms with E-state index in [9.17, 15) is 9.59 Å². The molecule has 4 rings (SSSR count). The highest BCUT2D eigenvalue weighted by Gasteiger charge is 2.40. The second-order valence-corrected chi connectivity index (χ2v) is 9.34. The SMILES string of the molecule is COc1ccccc1C(=O)N1CCC(COc2cccc(Cl)c2)(CC(=O)N2CCOCC2)CC1. The van der Waals surface area contributed by atoms with E-state index >= 15 is 0 Å². The summed E-state index contributed by atoms with van der Waals surface area (Å²) in [4.78, 5) is 30.1. The van der Waals surface area contributed by atoms with E-state index in [0.29, 0.717) is 87.3 Å². The number of ether oxygens (including phenoxy) is 3. The predicted molar refractivity (Wildman–Crippen MR) is 130 cm³/mol. The van der Waals surface area contributed by atoms with Gasteiger partial charge in [-0.3, -0.25) is 9.59 Å². The molecule has 34 heavy (non-hydrogen) atoms. The molecule has 7 nitrogen and oxygen atoms in total. The Morgan fingerprint density at radius 2 is 1.74 bits per heavy atom. The molecule has 2 heterocycles. The van der Waals surface area contributed by atoms with Crippen molar-refractivity contribution < 1.29 is 23.8 Å². The number of piperidine rings is 1. The summed E-state index contributed by atoms with van der Waals surface area (Å²) in [5.41, 5.74) is 0.187. The van der Waals surface area contributed by atoms with Gasteiger partial charge in [0, 0.05) is 43.0 Å². The molecule has 182 valence electrons. The van der Waals surface area contributed by atoms with Crippen molar-refractivity contribution in [3.8, 4) is 11.5 Å². The number of benzene rings is 2. The van der Waals surface area contributed by atoms with Crippen molar-refractivity contribution in [2.24, 2.45) is 5.41 Å². The van der Waals surface area contributed by atoms with Crippen LogP contribution in [0.5, 0.6) is 11.5 Å². The summed E-state index contributed by atoms with van der Waals surface area (Å²) in [5.74, 6) is 1.30. The Kier molecular flexibility index (Phi) is 7.95. The molecule has 2 saturated heterocycles. The van der Waals surface area contributed by atoms with Gasteiger partial charge in [-0.15, -0.1) is 0 Å². The van der Waals surface area contributed by atoms with Crippen molar-refractivity contribution in [2.45, 2.75) is 19.3 Å². The number of hydrogen-bond donors (Lipinski definition) is 0. The molecule has 2 fully saturated rings. The van der Waals surface area contributed by atoms with E-state index in [4.69, 9.17) is 25.8 Å². The van der Waals surface area contributed by atoms with Crippen LogP contribution in [-0.4, -0.2) is 74.7 Å². The van der Waals surface area contributed by atoms with E-state index in [2.05, 4.69) is 0 Å². The van der Waals surface area contributed by atoms with E-state index in [1.54, 1.807) is 31.4 Å². The minimum absolute atomic E-state index is 0.0543. The third-order valence-electron chi connectivity index (χ3n) is 6.68. The van der Waals surface area contributed by atoms with Crippen LogP contribution in [0.25, 0.3) is 0 Å². The Hall–Kier alpha value is -2.77. The van der Waals surface area contributed by atoms with Gasteiger partial charge < -0.3 is 24.0 Å². The van der Waals surface area contributed by atoms with Gasteiger partial charge in [0.05, 0.1) is 32.5 Å². The first-order valence-electron chi connectivity index (χ1n) is 11.7. The molecular formula is C26H31ClN2O5. The highest BCUT2D eigenvalue weighted by Crippen LogP contribution is 2.37. The maximum Gasteiger partial charge on any atom is 0.257 e. The largest absolute Gasteiger partial charge is 0.496 e. The highest BCUT2D eigenvalue weighted by atomic mass is 35.5. The van der Waals surface area contributed by atoms with Gasteiger partial charge in [-0.05, 0) is 43.2 Å². The number of halogens is 1. The molecule has 0 N–H and O–H groups in total. The summed E-state index contributed by atoms with van der Waals surface area (Å²) in [5, 5.41) is 0.605. The number of carbonyl (C=O) groups is 2. The van der Waals surface area contributed by atoms with Crippen LogP contribution >= 0.6 is 11.6 Å². The van der Waals surface area contributed by atoms with Crippen molar-refractivity contribution in [3.05, 3.63) is 59.1 Å². The van der Waals surface area contributed by atoms with Crippen molar-refractivity contribution in [3.63, 3.8) is 0 Å². The minimum Gasteiger partial charge on any atom is -0.496 e. The van der Waals surface area contributed by atoms with Gasteiger partial charge in [-0.2, -0.15) is 0 Å². The number of carbonyl (C=O) groups excluding carboxylic acids is 2. The third kappa shape index (κ3) is 5.83. The second kappa shape index (κ2) is 11.1. The van der Waals surface area contributed by atoms with Gasteiger partial charge in [0.2, 0.25) is 5.91 Å². The van der Waals surface area contributed by atoms with Crippen molar-refractivity contribution in [2.75, 3.05) is 53.1 Å². The Morgan fingerprint density at radius 3 is 2.44 bits per heavy atom.